The van der Waals surface area contributed by atoms with Crippen molar-refractivity contribution in [1.29, 1.82) is 5.26 Å². The summed E-state index contributed by atoms with van der Waals surface area (Å²) in [5.41, 5.74) is -0.870. The van der Waals surface area contributed by atoms with E-state index in [2.05, 4.69) is 21.6 Å². The number of rotatable bonds is 7. The molecule has 3 amide bonds. The third-order valence-electron chi connectivity index (χ3n) is 6.79. The first-order valence-electron chi connectivity index (χ1n) is 12.0. The number of nitriles is 1. The van der Waals surface area contributed by atoms with Gasteiger partial charge in [0.25, 0.3) is 0 Å². The van der Waals surface area contributed by atoms with Gasteiger partial charge in [0.05, 0.1) is 19.3 Å². The van der Waals surface area contributed by atoms with E-state index < -0.39 is 11.6 Å². The number of urea groups is 1. The molecule has 2 unspecified atom stereocenters. The standard InChI is InChI=1S/C23H39N5O3/c1-18(2)14-20(25-22(30)28-10-12-31-13-11-28)21(29)26-23(16-24)8-9-27(17-23)15-19-6-4-3-5-7-19/h18-20H,3-15,17H2,1-2H3,(H,25,30)(H,26,29). The maximum absolute atomic E-state index is 13.2. The molecule has 2 heterocycles. The summed E-state index contributed by atoms with van der Waals surface area (Å²) in [7, 11) is 0. The first kappa shape index (κ1) is 23.8. The summed E-state index contributed by atoms with van der Waals surface area (Å²) < 4.78 is 5.31. The van der Waals surface area contributed by atoms with E-state index in [0.29, 0.717) is 51.6 Å². The van der Waals surface area contributed by atoms with Crippen molar-refractivity contribution in [3.05, 3.63) is 0 Å². The first-order chi connectivity index (χ1) is 14.9. The molecule has 2 aliphatic heterocycles. The van der Waals surface area contributed by atoms with Crippen LogP contribution < -0.4 is 10.6 Å². The highest BCUT2D eigenvalue weighted by atomic mass is 16.5. The van der Waals surface area contributed by atoms with Crippen LogP contribution in [0.15, 0.2) is 0 Å². The van der Waals surface area contributed by atoms with Crippen molar-refractivity contribution in [2.45, 2.75) is 70.4 Å². The molecule has 1 aliphatic carbocycles. The molecule has 1 saturated carbocycles. The van der Waals surface area contributed by atoms with E-state index in [9.17, 15) is 14.9 Å². The molecule has 8 heteroatoms. The quantitative estimate of drug-likeness (QED) is 0.641. The number of hydrogen-bond donors (Lipinski definition) is 2. The van der Waals surface area contributed by atoms with Crippen LogP contribution >= 0.6 is 0 Å². The number of likely N-dealkylation sites (tertiary alicyclic amines) is 1. The van der Waals surface area contributed by atoms with Crippen LogP contribution in [0.1, 0.15) is 58.8 Å². The average molecular weight is 434 g/mol. The fourth-order valence-corrected chi connectivity index (χ4v) is 5.03. The Morgan fingerprint density at radius 3 is 2.52 bits per heavy atom. The summed E-state index contributed by atoms with van der Waals surface area (Å²) in [6.45, 7) is 8.57. The Balaban J connectivity index is 1.58. The Morgan fingerprint density at radius 1 is 1.16 bits per heavy atom. The molecule has 31 heavy (non-hydrogen) atoms. The maximum atomic E-state index is 13.2. The summed E-state index contributed by atoms with van der Waals surface area (Å²) in [5, 5.41) is 15.9. The van der Waals surface area contributed by atoms with Gasteiger partial charge >= 0.3 is 6.03 Å². The number of amides is 3. The Morgan fingerprint density at radius 2 is 1.87 bits per heavy atom. The summed E-state index contributed by atoms with van der Waals surface area (Å²) in [5.74, 6) is 0.696. The van der Waals surface area contributed by atoms with Gasteiger partial charge in [-0.3, -0.25) is 9.69 Å². The van der Waals surface area contributed by atoms with Crippen LogP contribution in [-0.4, -0.2) is 79.3 Å². The van der Waals surface area contributed by atoms with Gasteiger partial charge in [0.2, 0.25) is 5.91 Å². The SMILES string of the molecule is CC(C)CC(NC(=O)N1CCOCC1)C(=O)NC1(C#N)CCN(CC2CCCCC2)C1. The Kier molecular flexibility index (Phi) is 8.56. The van der Waals surface area contributed by atoms with Gasteiger partial charge in [-0.25, -0.2) is 4.79 Å². The van der Waals surface area contributed by atoms with E-state index in [0.717, 1.165) is 13.1 Å². The van der Waals surface area contributed by atoms with Gasteiger partial charge < -0.3 is 20.3 Å². The number of nitrogens with zero attached hydrogens (tertiary/aromatic N) is 3. The third-order valence-corrected chi connectivity index (χ3v) is 6.79. The molecule has 2 atom stereocenters. The van der Waals surface area contributed by atoms with E-state index in [1.165, 1.54) is 32.1 Å². The minimum absolute atomic E-state index is 0.236. The number of hydrogen-bond acceptors (Lipinski definition) is 5. The fourth-order valence-electron chi connectivity index (χ4n) is 5.03. The van der Waals surface area contributed by atoms with E-state index in [1.807, 2.05) is 13.8 Å². The molecular weight excluding hydrogens is 394 g/mol. The molecule has 0 radical (unpaired) electrons. The zero-order valence-electron chi connectivity index (χ0n) is 19.2. The van der Waals surface area contributed by atoms with Gasteiger partial charge in [0.1, 0.15) is 11.6 Å². The topological polar surface area (TPSA) is 97.7 Å². The van der Waals surface area contributed by atoms with Crippen LogP contribution in [0.25, 0.3) is 0 Å². The molecule has 174 valence electrons. The molecule has 0 aromatic heterocycles. The zero-order chi connectivity index (χ0) is 22.3. The molecule has 0 bridgehead atoms. The molecule has 0 aromatic carbocycles. The lowest BCUT2D eigenvalue weighted by molar-refractivity contribution is -0.124. The van der Waals surface area contributed by atoms with E-state index in [-0.39, 0.29) is 17.9 Å². The lowest BCUT2D eigenvalue weighted by atomic mass is 9.89. The highest BCUT2D eigenvalue weighted by Crippen LogP contribution is 2.28. The number of ether oxygens (including phenoxy) is 1. The van der Waals surface area contributed by atoms with Crippen LogP contribution in [0.2, 0.25) is 0 Å². The van der Waals surface area contributed by atoms with Gasteiger partial charge in [-0.05, 0) is 37.5 Å². The largest absolute Gasteiger partial charge is 0.378 e. The van der Waals surface area contributed by atoms with Crippen molar-refractivity contribution in [2.24, 2.45) is 11.8 Å². The van der Waals surface area contributed by atoms with Crippen molar-refractivity contribution >= 4 is 11.9 Å². The fraction of sp³-hybridized carbons (Fsp3) is 0.870. The lowest BCUT2D eigenvalue weighted by Gasteiger charge is -2.31. The molecule has 0 spiro atoms. The Labute approximate surface area is 186 Å². The zero-order valence-corrected chi connectivity index (χ0v) is 19.2. The summed E-state index contributed by atoms with van der Waals surface area (Å²) in [6.07, 6.45) is 7.65. The van der Waals surface area contributed by atoms with Gasteiger partial charge in [-0.1, -0.05) is 33.1 Å². The minimum atomic E-state index is -0.870. The molecule has 3 rings (SSSR count). The summed E-state index contributed by atoms with van der Waals surface area (Å²) >= 11 is 0. The second-order valence-electron chi connectivity index (χ2n) is 9.90. The summed E-state index contributed by atoms with van der Waals surface area (Å²) in [6, 6.07) is 1.51. The van der Waals surface area contributed by atoms with Gasteiger partial charge in [0.15, 0.2) is 0 Å². The van der Waals surface area contributed by atoms with E-state index in [4.69, 9.17) is 4.74 Å². The van der Waals surface area contributed by atoms with Crippen molar-refractivity contribution in [3.63, 3.8) is 0 Å². The normalized spacial score (nSPS) is 26.5. The monoisotopic (exact) mass is 433 g/mol. The predicted molar refractivity (Wildman–Crippen MR) is 118 cm³/mol. The highest BCUT2D eigenvalue weighted by molar-refractivity contribution is 5.88. The number of carbonyl (C=O) groups is 2. The number of nitrogens with one attached hydrogen (secondary N) is 2. The molecule has 2 N–H and O–H groups in total. The molecule has 2 saturated heterocycles. The predicted octanol–water partition coefficient (Wildman–Crippen LogP) is 2.11. The Bertz CT molecular complexity index is 652. The first-order valence-corrected chi connectivity index (χ1v) is 12.0. The van der Waals surface area contributed by atoms with Crippen LogP contribution in [0.4, 0.5) is 4.79 Å². The number of morpholine rings is 1. The van der Waals surface area contributed by atoms with Gasteiger partial charge in [0, 0.05) is 32.7 Å². The molecule has 3 aliphatic rings. The van der Waals surface area contributed by atoms with Gasteiger partial charge in [-0.15, -0.1) is 0 Å². The second-order valence-corrected chi connectivity index (χ2v) is 9.90. The Hall–Kier alpha value is -1.85. The third kappa shape index (κ3) is 6.81. The second kappa shape index (κ2) is 11.1. The molecule has 0 aromatic rings. The average Bonchev–Trinajstić information content (AvgIpc) is 3.17. The van der Waals surface area contributed by atoms with Crippen molar-refractivity contribution < 1.29 is 14.3 Å². The van der Waals surface area contributed by atoms with Crippen LogP contribution in [0.3, 0.4) is 0 Å². The van der Waals surface area contributed by atoms with Crippen LogP contribution in [0, 0.1) is 23.2 Å². The minimum Gasteiger partial charge on any atom is -0.378 e. The van der Waals surface area contributed by atoms with E-state index in [1.54, 1.807) is 4.90 Å². The highest BCUT2D eigenvalue weighted by Gasteiger charge is 2.41. The van der Waals surface area contributed by atoms with Crippen LogP contribution in [-0.2, 0) is 9.53 Å². The smallest absolute Gasteiger partial charge is 0.318 e. The van der Waals surface area contributed by atoms with E-state index >= 15 is 0 Å². The van der Waals surface area contributed by atoms with Crippen molar-refractivity contribution in [3.8, 4) is 6.07 Å². The number of carbonyl (C=O) groups excluding carboxylic acids is 2. The summed E-state index contributed by atoms with van der Waals surface area (Å²) in [4.78, 5) is 29.9. The molecule has 8 nitrogen and oxygen atoms in total. The molecule has 3 fully saturated rings. The maximum Gasteiger partial charge on any atom is 0.318 e. The molecular formula is C23H39N5O3. The van der Waals surface area contributed by atoms with Crippen molar-refractivity contribution in [2.75, 3.05) is 45.9 Å². The van der Waals surface area contributed by atoms with Crippen molar-refractivity contribution in [1.82, 2.24) is 20.4 Å². The van der Waals surface area contributed by atoms with Crippen LogP contribution in [0.5, 0.6) is 0 Å². The lowest BCUT2D eigenvalue weighted by Crippen LogP contribution is -2.58. The van der Waals surface area contributed by atoms with Gasteiger partial charge in [-0.2, -0.15) is 5.26 Å².